The van der Waals surface area contributed by atoms with Gasteiger partial charge < -0.3 is 24.6 Å². The maximum absolute atomic E-state index is 13.0. The van der Waals surface area contributed by atoms with Gasteiger partial charge in [-0.3, -0.25) is 14.3 Å². The number of benzene rings is 2. The smallest absolute Gasteiger partial charge is 0.492 e. The third kappa shape index (κ3) is 7.01. The molecule has 0 spiro atoms. The lowest BCUT2D eigenvalue weighted by molar-refractivity contribution is -0.274. The molecule has 0 radical (unpaired) electrons. The lowest BCUT2D eigenvalue weighted by atomic mass is 9.91. The maximum atomic E-state index is 13.0. The SMILES string of the molecule is CCOc1cc(NC(=O)C(C(=O)O)C2CCOC2)ccc1S(=O)(=O)Nc1cccc(OC(F)(F)F)c1. The monoisotopic (exact) mass is 532 g/mol. The lowest BCUT2D eigenvalue weighted by Gasteiger charge is -2.19. The summed E-state index contributed by atoms with van der Waals surface area (Å²) < 4.78 is 79.9. The number of carbonyl (C=O) groups is 2. The molecule has 14 heteroatoms. The zero-order valence-corrected chi connectivity index (χ0v) is 19.7. The largest absolute Gasteiger partial charge is 0.573 e. The number of hydrogen-bond donors (Lipinski definition) is 3. The fourth-order valence-corrected chi connectivity index (χ4v) is 4.78. The normalized spacial score (nSPS) is 16.7. The first-order valence-electron chi connectivity index (χ1n) is 10.7. The Labute approximate surface area is 204 Å². The summed E-state index contributed by atoms with van der Waals surface area (Å²) in [4.78, 5) is 23.9. The van der Waals surface area contributed by atoms with Crippen LogP contribution in [0.15, 0.2) is 47.4 Å². The van der Waals surface area contributed by atoms with Gasteiger partial charge in [0.25, 0.3) is 10.0 Å². The van der Waals surface area contributed by atoms with Crippen molar-refractivity contribution in [2.75, 3.05) is 29.9 Å². The molecule has 0 aromatic heterocycles. The van der Waals surface area contributed by atoms with E-state index in [0.717, 1.165) is 18.2 Å². The second-order valence-corrected chi connectivity index (χ2v) is 9.36. The van der Waals surface area contributed by atoms with E-state index in [-0.39, 0.29) is 35.2 Å². The minimum Gasteiger partial charge on any atom is -0.492 e. The Bertz CT molecular complexity index is 1210. The Morgan fingerprint density at radius 3 is 2.56 bits per heavy atom. The number of amides is 1. The van der Waals surface area contributed by atoms with Gasteiger partial charge in [-0.25, -0.2) is 8.42 Å². The highest BCUT2D eigenvalue weighted by Gasteiger charge is 2.37. The molecular formula is C22H23F3N2O8S. The van der Waals surface area contributed by atoms with Gasteiger partial charge in [0, 0.05) is 30.3 Å². The number of carbonyl (C=O) groups excluding carboxylic acids is 1. The zero-order chi connectivity index (χ0) is 26.5. The van der Waals surface area contributed by atoms with Crippen molar-refractivity contribution in [2.45, 2.75) is 24.6 Å². The number of carboxylic acids is 1. The predicted molar refractivity (Wildman–Crippen MR) is 120 cm³/mol. The molecule has 1 saturated heterocycles. The number of aliphatic carboxylic acids is 1. The van der Waals surface area contributed by atoms with Gasteiger partial charge in [-0.1, -0.05) is 6.07 Å². The molecular weight excluding hydrogens is 509 g/mol. The summed E-state index contributed by atoms with van der Waals surface area (Å²) in [6, 6.07) is 7.85. The van der Waals surface area contributed by atoms with Crippen molar-refractivity contribution in [2.24, 2.45) is 11.8 Å². The van der Waals surface area contributed by atoms with Crippen molar-refractivity contribution in [3.63, 3.8) is 0 Å². The molecule has 3 rings (SSSR count). The van der Waals surface area contributed by atoms with Crippen molar-refractivity contribution < 1.29 is 50.5 Å². The van der Waals surface area contributed by atoms with Crippen molar-refractivity contribution in [1.29, 1.82) is 0 Å². The van der Waals surface area contributed by atoms with Gasteiger partial charge in [0.15, 0.2) is 0 Å². The molecule has 2 aromatic carbocycles. The van der Waals surface area contributed by atoms with Gasteiger partial charge in [-0.15, -0.1) is 13.2 Å². The second kappa shape index (κ2) is 11.0. The van der Waals surface area contributed by atoms with E-state index in [2.05, 4.69) is 14.8 Å². The van der Waals surface area contributed by atoms with Crippen LogP contribution in [0.3, 0.4) is 0 Å². The van der Waals surface area contributed by atoms with E-state index in [9.17, 15) is 36.3 Å². The molecule has 36 heavy (non-hydrogen) atoms. The van der Waals surface area contributed by atoms with Crippen LogP contribution in [0.1, 0.15) is 13.3 Å². The Kier molecular flexibility index (Phi) is 8.30. The summed E-state index contributed by atoms with van der Waals surface area (Å²) in [5, 5.41) is 12.0. The van der Waals surface area contributed by atoms with E-state index in [4.69, 9.17) is 9.47 Å². The fourth-order valence-electron chi connectivity index (χ4n) is 3.61. The number of halogens is 3. The van der Waals surface area contributed by atoms with Crippen LogP contribution >= 0.6 is 0 Å². The Morgan fingerprint density at radius 1 is 1.19 bits per heavy atom. The number of anilines is 2. The quantitative estimate of drug-likeness (QED) is 0.395. The Morgan fingerprint density at radius 2 is 1.94 bits per heavy atom. The molecule has 0 aliphatic carbocycles. The van der Waals surface area contributed by atoms with Crippen molar-refractivity contribution in [1.82, 2.24) is 0 Å². The Hall–Kier alpha value is -3.52. The standard InChI is InChI=1S/C22H23F3N2O8S/c1-2-34-17-11-14(26-20(28)19(21(29)30)13-8-9-33-12-13)6-7-18(17)36(31,32)27-15-4-3-5-16(10-15)35-22(23,24)25/h3-7,10-11,13,19,27H,2,8-9,12H2,1H3,(H,26,28)(H,29,30). The number of hydrogen-bond acceptors (Lipinski definition) is 7. The van der Waals surface area contributed by atoms with Crippen LogP contribution in [0.5, 0.6) is 11.5 Å². The van der Waals surface area contributed by atoms with Crippen molar-refractivity contribution in [3.8, 4) is 11.5 Å². The van der Waals surface area contributed by atoms with Crippen LogP contribution in [0.25, 0.3) is 0 Å². The van der Waals surface area contributed by atoms with E-state index < -0.39 is 45.8 Å². The van der Waals surface area contributed by atoms with E-state index in [1.54, 1.807) is 6.92 Å². The highest BCUT2D eigenvalue weighted by Crippen LogP contribution is 2.32. The summed E-state index contributed by atoms with van der Waals surface area (Å²) in [5.41, 5.74) is -0.104. The molecule has 0 bridgehead atoms. The van der Waals surface area contributed by atoms with Gasteiger partial charge in [-0.2, -0.15) is 0 Å². The van der Waals surface area contributed by atoms with Crippen LogP contribution in [-0.2, 0) is 24.3 Å². The average molecular weight is 532 g/mol. The molecule has 196 valence electrons. The number of sulfonamides is 1. The van der Waals surface area contributed by atoms with Crippen LogP contribution in [0.4, 0.5) is 24.5 Å². The van der Waals surface area contributed by atoms with Gasteiger partial charge in [-0.05, 0) is 37.6 Å². The summed E-state index contributed by atoms with van der Waals surface area (Å²) >= 11 is 0. The number of rotatable bonds is 10. The number of ether oxygens (including phenoxy) is 3. The van der Waals surface area contributed by atoms with E-state index >= 15 is 0 Å². The third-order valence-corrected chi connectivity index (χ3v) is 6.53. The summed E-state index contributed by atoms with van der Waals surface area (Å²) in [7, 11) is -4.35. The second-order valence-electron chi connectivity index (χ2n) is 7.70. The molecule has 2 atom stereocenters. The number of nitrogens with one attached hydrogen (secondary N) is 2. The number of carboxylic acid groups (broad SMARTS) is 1. The molecule has 1 amide bonds. The summed E-state index contributed by atoms with van der Waals surface area (Å²) in [6.07, 6.45) is -4.54. The molecule has 1 aliphatic rings. The van der Waals surface area contributed by atoms with Gasteiger partial charge in [0.2, 0.25) is 5.91 Å². The lowest BCUT2D eigenvalue weighted by Crippen LogP contribution is -2.36. The van der Waals surface area contributed by atoms with Gasteiger partial charge in [0.1, 0.15) is 22.3 Å². The first kappa shape index (κ1) is 27.1. The average Bonchev–Trinajstić information content (AvgIpc) is 3.26. The van der Waals surface area contributed by atoms with Crippen LogP contribution < -0.4 is 19.5 Å². The first-order chi connectivity index (χ1) is 16.9. The molecule has 1 aliphatic heterocycles. The summed E-state index contributed by atoms with van der Waals surface area (Å²) in [6.45, 7) is 2.12. The van der Waals surface area contributed by atoms with Gasteiger partial charge in [0.05, 0.1) is 18.9 Å². The topological polar surface area (TPSA) is 140 Å². The predicted octanol–water partition coefficient (Wildman–Crippen LogP) is 3.46. The third-order valence-electron chi connectivity index (χ3n) is 5.11. The zero-order valence-electron chi connectivity index (χ0n) is 18.9. The van der Waals surface area contributed by atoms with Crippen LogP contribution in [-0.4, -0.2) is 51.6 Å². The molecule has 2 aromatic rings. The minimum absolute atomic E-state index is 0.0476. The highest BCUT2D eigenvalue weighted by atomic mass is 32.2. The van der Waals surface area contributed by atoms with E-state index in [1.165, 1.54) is 24.3 Å². The molecule has 3 N–H and O–H groups in total. The Balaban J connectivity index is 1.83. The first-order valence-corrected chi connectivity index (χ1v) is 12.1. The van der Waals surface area contributed by atoms with Crippen molar-refractivity contribution in [3.05, 3.63) is 42.5 Å². The minimum atomic E-state index is -4.95. The fraction of sp³-hybridized carbons (Fsp3) is 0.364. The molecule has 2 unspecified atom stereocenters. The van der Waals surface area contributed by atoms with E-state index in [0.29, 0.717) is 13.0 Å². The van der Waals surface area contributed by atoms with E-state index in [1.807, 2.05) is 0 Å². The molecule has 1 fully saturated rings. The maximum Gasteiger partial charge on any atom is 0.573 e. The summed E-state index contributed by atoms with van der Waals surface area (Å²) in [5.74, 6) is -4.76. The molecule has 0 saturated carbocycles. The molecule has 1 heterocycles. The van der Waals surface area contributed by atoms with Crippen molar-refractivity contribution >= 4 is 33.3 Å². The highest BCUT2D eigenvalue weighted by molar-refractivity contribution is 7.92. The van der Waals surface area contributed by atoms with Crippen LogP contribution in [0, 0.1) is 11.8 Å². The van der Waals surface area contributed by atoms with Crippen LogP contribution in [0.2, 0.25) is 0 Å². The molecule has 10 nitrogen and oxygen atoms in total. The number of alkyl halides is 3. The van der Waals surface area contributed by atoms with Gasteiger partial charge >= 0.3 is 12.3 Å².